The fourth-order valence-corrected chi connectivity index (χ4v) is 5.67. The third-order valence-corrected chi connectivity index (χ3v) is 7.65. The number of halogens is 1. The van der Waals surface area contributed by atoms with Gasteiger partial charge in [-0.05, 0) is 46.5 Å². The van der Waals surface area contributed by atoms with Gasteiger partial charge in [0.25, 0.3) is 5.56 Å². The van der Waals surface area contributed by atoms with Crippen molar-refractivity contribution in [3.05, 3.63) is 67.7 Å². The normalized spacial score (nSPS) is 18.2. The third kappa shape index (κ3) is 5.28. The molecule has 172 valence electrons. The maximum atomic E-state index is 12.5. The number of benzene rings is 2. The van der Waals surface area contributed by atoms with Gasteiger partial charge in [-0.2, -0.15) is 0 Å². The van der Waals surface area contributed by atoms with Crippen LogP contribution in [0.1, 0.15) is 30.4 Å². The van der Waals surface area contributed by atoms with E-state index in [1.807, 2.05) is 0 Å². The number of H-pyrrole nitrogens is 1. The van der Waals surface area contributed by atoms with Gasteiger partial charge >= 0.3 is 51.4 Å². The Morgan fingerprint density at radius 3 is 2.65 bits per heavy atom. The van der Waals surface area contributed by atoms with E-state index in [0.29, 0.717) is 6.04 Å². The van der Waals surface area contributed by atoms with Gasteiger partial charge in [0.1, 0.15) is 0 Å². The molecule has 34 heavy (non-hydrogen) atoms. The zero-order chi connectivity index (χ0) is 22.4. The summed E-state index contributed by atoms with van der Waals surface area (Å²) >= 11 is 3.77. The van der Waals surface area contributed by atoms with E-state index in [1.165, 1.54) is 24.1 Å². The SMILES string of the molecule is O=c1[nH]c2cc(CN3CCN(c4ccc([N-]C5CC5)cc4Br)CC3)ccc2c2c1CCCN2.[K+]. The Labute approximate surface area is 251 Å². The summed E-state index contributed by atoms with van der Waals surface area (Å²) in [6.45, 7) is 5.86. The predicted molar refractivity (Wildman–Crippen MR) is 139 cm³/mol. The van der Waals surface area contributed by atoms with Gasteiger partial charge in [0.05, 0.1) is 16.9 Å². The molecule has 2 aromatic carbocycles. The van der Waals surface area contributed by atoms with Gasteiger partial charge < -0.3 is 20.5 Å². The summed E-state index contributed by atoms with van der Waals surface area (Å²) in [6, 6.07) is 13.6. The fourth-order valence-electron chi connectivity index (χ4n) is 5.06. The van der Waals surface area contributed by atoms with Gasteiger partial charge in [-0.25, -0.2) is 0 Å². The van der Waals surface area contributed by atoms with Crippen LogP contribution in [0.5, 0.6) is 0 Å². The molecule has 1 aromatic heterocycles. The van der Waals surface area contributed by atoms with Crippen LogP contribution in [0.4, 0.5) is 17.1 Å². The van der Waals surface area contributed by atoms with E-state index in [9.17, 15) is 4.79 Å². The number of nitrogens with zero attached hydrogens (tertiary/aromatic N) is 3. The number of nitrogens with one attached hydrogen (secondary N) is 2. The Kier molecular flexibility index (Phi) is 7.75. The van der Waals surface area contributed by atoms with Crippen molar-refractivity contribution in [1.29, 1.82) is 0 Å². The molecular weight excluding hydrogens is 517 g/mol. The van der Waals surface area contributed by atoms with Gasteiger partial charge in [0, 0.05) is 54.7 Å². The van der Waals surface area contributed by atoms with E-state index in [4.69, 9.17) is 5.32 Å². The number of hydrogen-bond acceptors (Lipinski definition) is 4. The van der Waals surface area contributed by atoms with Crippen LogP contribution in [0.25, 0.3) is 16.2 Å². The topological polar surface area (TPSA) is 65.5 Å². The monoisotopic (exact) mass is 545 g/mol. The summed E-state index contributed by atoms with van der Waals surface area (Å²) in [6.07, 6.45) is 4.33. The summed E-state index contributed by atoms with van der Waals surface area (Å²) in [5.41, 5.74) is 6.50. The van der Waals surface area contributed by atoms with E-state index in [0.717, 1.165) is 84.4 Å². The third-order valence-electron chi connectivity index (χ3n) is 7.01. The summed E-state index contributed by atoms with van der Waals surface area (Å²) in [7, 11) is 0. The van der Waals surface area contributed by atoms with Crippen LogP contribution in [0.2, 0.25) is 0 Å². The predicted octanol–water partition coefficient (Wildman–Crippen LogP) is 2.14. The number of rotatable bonds is 5. The molecule has 6 nitrogen and oxygen atoms in total. The van der Waals surface area contributed by atoms with Gasteiger partial charge in [0.15, 0.2) is 0 Å². The maximum absolute atomic E-state index is 12.5. The first-order valence-electron chi connectivity index (χ1n) is 12.0. The second-order valence-corrected chi connectivity index (χ2v) is 10.3. The summed E-state index contributed by atoms with van der Waals surface area (Å²) < 4.78 is 1.13. The Bertz CT molecular complexity index is 1250. The molecule has 0 radical (unpaired) electrons. The quantitative estimate of drug-likeness (QED) is 0.482. The first kappa shape index (κ1) is 24.8. The van der Waals surface area contributed by atoms with E-state index in [-0.39, 0.29) is 56.9 Å². The number of pyridine rings is 1. The molecule has 1 aliphatic carbocycles. The summed E-state index contributed by atoms with van der Waals surface area (Å²) in [5.74, 6) is 0. The van der Waals surface area contributed by atoms with Crippen LogP contribution in [-0.4, -0.2) is 48.6 Å². The van der Waals surface area contributed by atoms with Crippen molar-refractivity contribution in [1.82, 2.24) is 9.88 Å². The molecule has 2 fully saturated rings. The average Bonchev–Trinajstić information content (AvgIpc) is 3.64. The molecule has 3 aliphatic rings. The van der Waals surface area contributed by atoms with E-state index >= 15 is 0 Å². The Morgan fingerprint density at radius 1 is 1.06 bits per heavy atom. The first-order chi connectivity index (χ1) is 16.1. The smallest absolute Gasteiger partial charge is 0.682 e. The minimum atomic E-state index is 0. The van der Waals surface area contributed by atoms with Crippen LogP contribution in [0.15, 0.2) is 45.7 Å². The molecule has 8 heteroatoms. The average molecular weight is 547 g/mol. The molecule has 3 aromatic rings. The largest absolute Gasteiger partial charge is 1.00 e. The standard InChI is InChI=1S/C26H29BrN5O.K/c27-22-15-19(29-18-4-5-18)6-8-24(22)32-12-10-31(11-13-32)16-17-3-7-20-23(14-17)30-26(33)21-2-1-9-28-25(20)21;/h3,6-8,14-15,18H,1-2,4-5,9-13,16H2,(H2,28,30,33);/q-1;+1. The van der Waals surface area contributed by atoms with Gasteiger partial charge in [-0.3, -0.25) is 9.69 Å². The summed E-state index contributed by atoms with van der Waals surface area (Å²) in [4.78, 5) is 20.6. The van der Waals surface area contributed by atoms with Gasteiger partial charge in [0.2, 0.25) is 0 Å². The number of aromatic nitrogens is 1. The van der Waals surface area contributed by atoms with Crippen molar-refractivity contribution >= 4 is 43.9 Å². The minimum Gasteiger partial charge on any atom is -0.682 e. The molecule has 0 unspecified atom stereocenters. The van der Waals surface area contributed by atoms with E-state index < -0.39 is 0 Å². The Hall–Kier alpha value is -0.874. The van der Waals surface area contributed by atoms with E-state index in [1.54, 1.807) is 0 Å². The molecule has 0 bridgehead atoms. The second kappa shape index (κ2) is 10.6. The zero-order valence-electron chi connectivity index (χ0n) is 19.7. The maximum Gasteiger partial charge on any atom is 1.00 e. The van der Waals surface area contributed by atoms with Gasteiger partial charge in [-0.1, -0.05) is 37.1 Å². The number of aromatic amines is 1. The number of hydrogen-bond donors (Lipinski definition) is 2. The van der Waals surface area contributed by atoms with Crippen molar-refractivity contribution in [2.24, 2.45) is 0 Å². The zero-order valence-corrected chi connectivity index (χ0v) is 24.4. The van der Waals surface area contributed by atoms with Crippen molar-refractivity contribution in [2.75, 3.05) is 42.9 Å². The molecule has 1 saturated carbocycles. The molecule has 1 saturated heterocycles. The fraction of sp³-hybridized carbons (Fsp3) is 0.423. The first-order valence-corrected chi connectivity index (χ1v) is 12.8. The van der Waals surface area contributed by atoms with Crippen molar-refractivity contribution < 1.29 is 51.4 Å². The minimum absolute atomic E-state index is 0. The molecule has 0 atom stereocenters. The number of anilines is 2. The molecule has 2 N–H and O–H groups in total. The molecule has 0 spiro atoms. The molecule has 6 rings (SSSR count). The van der Waals surface area contributed by atoms with Gasteiger partial charge in [-0.15, -0.1) is 11.7 Å². The van der Waals surface area contributed by atoms with E-state index in [2.05, 4.69) is 72.4 Å². The van der Waals surface area contributed by atoms with Crippen LogP contribution < -0.4 is 67.2 Å². The number of fused-ring (bicyclic) bond motifs is 3. The van der Waals surface area contributed by atoms with Crippen LogP contribution >= 0.6 is 15.9 Å². The number of piperazine rings is 1. The Morgan fingerprint density at radius 2 is 1.88 bits per heavy atom. The Balaban J connectivity index is 0.00000241. The summed E-state index contributed by atoms with van der Waals surface area (Å²) in [5, 5.41) is 9.31. The van der Waals surface area contributed by atoms with Crippen LogP contribution in [0.3, 0.4) is 0 Å². The second-order valence-electron chi connectivity index (χ2n) is 9.48. The van der Waals surface area contributed by atoms with Crippen molar-refractivity contribution in [3.8, 4) is 0 Å². The van der Waals surface area contributed by atoms with Crippen LogP contribution in [0, 0.1) is 0 Å². The van der Waals surface area contributed by atoms with Crippen molar-refractivity contribution in [2.45, 2.75) is 38.3 Å². The van der Waals surface area contributed by atoms with Crippen LogP contribution in [-0.2, 0) is 13.0 Å². The molecular formula is C26H29BrKN5O. The molecule has 0 amide bonds. The molecule has 2 aliphatic heterocycles. The van der Waals surface area contributed by atoms with Crippen molar-refractivity contribution in [3.63, 3.8) is 0 Å². The molecule has 3 heterocycles.